The normalized spacial score (nSPS) is 13.8. The van der Waals surface area contributed by atoms with E-state index in [-0.39, 0.29) is 40.7 Å². The summed E-state index contributed by atoms with van der Waals surface area (Å²) in [5.74, 6) is 1.12. The molecular formula is C29H35IN4O6S2Si. The third-order valence-corrected chi connectivity index (χ3v) is 13.7. The smallest absolute Gasteiger partial charge is 0.245 e. The summed E-state index contributed by atoms with van der Waals surface area (Å²) in [6.45, 7) is 6.27. The Labute approximate surface area is 268 Å². The molecule has 10 nitrogen and oxygen atoms in total. The van der Waals surface area contributed by atoms with E-state index in [1.165, 1.54) is 10.4 Å². The molecule has 0 fully saturated rings. The van der Waals surface area contributed by atoms with Crippen LogP contribution in [0.2, 0.25) is 25.7 Å². The van der Waals surface area contributed by atoms with Gasteiger partial charge < -0.3 is 9.47 Å². The molecule has 0 saturated heterocycles. The molecular weight excluding hydrogens is 719 g/mol. The van der Waals surface area contributed by atoms with E-state index in [1.54, 1.807) is 68.8 Å². The highest BCUT2D eigenvalue weighted by Crippen LogP contribution is 2.35. The molecule has 0 saturated carbocycles. The van der Waals surface area contributed by atoms with E-state index < -0.39 is 27.9 Å². The number of methoxy groups -OCH3 is 2. The topological polar surface area (TPSA) is 127 Å². The van der Waals surface area contributed by atoms with Crippen LogP contribution in [0.3, 0.4) is 0 Å². The van der Waals surface area contributed by atoms with Crippen molar-refractivity contribution in [2.75, 3.05) is 26.5 Å². The van der Waals surface area contributed by atoms with E-state index >= 15 is 0 Å². The third-order valence-electron chi connectivity index (χ3n) is 6.90. The van der Waals surface area contributed by atoms with Gasteiger partial charge in [0.2, 0.25) is 10.0 Å². The summed E-state index contributed by atoms with van der Waals surface area (Å²) in [6.07, 6.45) is 0. The minimum absolute atomic E-state index is 0.0150. The average Bonchev–Trinajstić information content (AvgIpc) is 3.50. The highest BCUT2D eigenvalue weighted by Gasteiger charge is 2.37. The molecule has 0 aliphatic carbocycles. The van der Waals surface area contributed by atoms with Gasteiger partial charge in [-0.25, -0.2) is 16.8 Å². The number of sulfone groups is 1. The highest BCUT2D eigenvalue weighted by molar-refractivity contribution is 14.1. The van der Waals surface area contributed by atoms with Crippen LogP contribution >= 0.6 is 22.6 Å². The summed E-state index contributed by atoms with van der Waals surface area (Å²) < 4.78 is 70.0. The van der Waals surface area contributed by atoms with Crippen LogP contribution in [0.1, 0.15) is 16.7 Å². The lowest BCUT2D eigenvalue weighted by atomic mass is 10.1. The molecule has 0 amide bonds. The van der Waals surface area contributed by atoms with Crippen molar-refractivity contribution in [1.29, 1.82) is 0 Å². The lowest BCUT2D eigenvalue weighted by Crippen LogP contribution is -2.33. The third kappa shape index (κ3) is 8.09. The second kappa shape index (κ2) is 13.5. The number of hydrogen-bond donors (Lipinski definition) is 0. The van der Waals surface area contributed by atoms with E-state index in [0.29, 0.717) is 38.0 Å². The van der Waals surface area contributed by atoms with Gasteiger partial charge in [0.1, 0.15) is 22.9 Å². The minimum Gasteiger partial charge on any atom is -0.497 e. The second-order valence-electron chi connectivity index (χ2n) is 11.3. The van der Waals surface area contributed by atoms with Crippen LogP contribution in [-0.4, -0.2) is 61.4 Å². The van der Waals surface area contributed by atoms with Gasteiger partial charge in [0.25, 0.3) is 0 Å². The van der Waals surface area contributed by atoms with Crippen molar-refractivity contribution in [2.24, 2.45) is 15.4 Å². The summed E-state index contributed by atoms with van der Waals surface area (Å²) in [6, 6.07) is 17.7. The first-order chi connectivity index (χ1) is 20.2. The second-order valence-corrected chi connectivity index (χ2v) is 22.0. The Hall–Kier alpha value is -2.66. The Bertz CT molecular complexity index is 1690. The largest absolute Gasteiger partial charge is 0.497 e. The number of benzene rings is 3. The fraction of sp³-hybridized carbons (Fsp3) is 0.345. The lowest BCUT2D eigenvalue weighted by Gasteiger charge is -2.26. The van der Waals surface area contributed by atoms with Gasteiger partial charge in [0.05, 0.1) is 30.6 Å². The maximum Gasteiger partial charge on any atom is 0.245 e. The van der Waals surface area contributed by atoms with Crippen LogP contribution in [0, 0.1) is 3.57 Å². The quantitative estimate of drug-likeness (QED) is 0.156. The Kier molecular flexibility index (Phi) is 10.5. The van der Waals surface area contributed by atoms with Gasteiger partial charge in [0.15, 0.2) is 9.84 Å². The van der Waals surface area contributed by atoms with Crippen LogP contribution in [0.15, 0.2) is 85.9 Å². The molecule has 0 atom stereocenters. The summed E-state index contributed by atoms with van der Waals surface area (Å²) in [5, 5.41) is 11.7. The molecule has 1 heterocycles. The van der Waals surface area contributed by atoms with Crippen molar-refractivity contribution < 1.29 is 26.3 Å². The molecule has 0 N–H and O–H groups in total. The van der Waals surface area contributed by atoms with E-state index in [1.807, 2.05) is 22.6 Å². The number of hydrogen-bond acceptors (Lipinski definition) is 9. The van der Waals surface area contributed by atoms with Crippen LogP contribution in [0.4, 0.5) is 0 Å². The number of sulfonamides is 1. The van der Waals surface area contributed by atoms with Crippen molar-refractivity contribution in [3.05, 3.63) is 80.9 Å². The summed E-state index contributed by atoms with van der Waals surface area (Å²) in [4.78, 5) is -0.520. The van der Waals surface area contributed by atoms with Gasteiger partial charge in [-0.1, -0.05) is 43.9 Å². The van der Waals surface area contributed by atoms with Gasteiger partial charge in [-0.15, -0.1) is 5.10 Å². The van der Waals surface area contributed by atoms with Gasteiger partial charge >= 0.3 is 0 Å². The molecule has 4 rings (SSSR count). The number of rotatable bonds is 13. The average molecular weight is 755 g/mol. The zero-order valence-electron chi connectivity index (χ0n) is 24.7. The molecule has 0 spiro atoms. The standard InChI is InChI=1S/C29H35IN4O6S2Si/c1-39-23-10-6-21(7-11-23)19-34(20-22-8-12-24(40-2)13-9-22)42(37,38)29-27(41(35,36)16-17-43(3,4)5)15-14-25(30)28(29)26-18-31-33-32-26/h6-15H,16-20H2,1-5H3. The van der Waals surface area contributed by atoms with Crippen LogP contribution in [0.5, 0.6) is 11.5 Å². The highest BCUT2D eigenvalue weighted by atomic mass is 127. The van der Waals surface area contributed by atoms with Gasteiger partial charge in [-0.05, 0) is 81.4 Å². The summed E-state index contributed by atoms with van der Waals surface area (Å²) in [5.41, 5.74) is 1.93. The summed E-state index contributed by atoms with van der Waals surface area (Å²) >= 11 is 2.02. The first-order valence-corrected chi connectivity index (χ1v) is 21.4. The van der Waals surface area contributed by atoms with E-state index in [0.717, 1.165) is 0 Å². The predicted molar refractivity (Wildman–Crippen MR) is 178 cm³/mol. The first kappa shape index (κ1) is 33.2. The van der Waals surface area contributed by atoms with Crippen molar-refractivity contribution in [2.45, 2.75) is 48.6 Å². The molecule has 3 aromatic carbocycles. The van der Waals surface area contributed by atoms with Crippen molar-refractivity contribution in [3.8, 4) is 11.5 Å². The Balaban J connectivity index is 1.92. The van der Waals surface area contributed by atoms with Crippen LogP contribution in [-0.2, 0) is 33.0 Å². The SMILES string of the molecule is COc1ccc(CN(Cc2ccc(OC)cc2)S(=O)(=O)c2c(S(=O)(=O)CC[Si](C)(C)C)ccc(I)c2C2=NN=NC2)cc1. The monoisotopic (exact) mass is 754 g/mol. The molecule has 230 valence electrons. The number of ether oxygens (including phenoxy) is 2. The zero-order chi connectivity index (χ0) is 31.4. The first-order valence-electron chi connectivity index (χ1n) is 13.5. The van der Waals surface area contributed by atoms with Crippen molar-refractivity contribution >= 4 is 56.2 Å². The molecule has 1 aliphatic rings. The predicted octanol–water partition coefficient (Wildman–Crippen LogP) is 5.98. The zero-order valence-corrected chi connectivity index (χ0v) is 29.5. The Morgan fingerprint density at radius 1 is 0.837 bits per heavy atom. The number of halogens is 1. The molecule has 0 aromatic heterocycles. The van der Waals surface area contributed by atoms with Crippen LogP contribution < -0.4 is 9.47 Å². The molecule has 0 radical (unpaired) electrons. The molecule has 43 heavy (non-hydrogen) atoms. The summed E-state index contributed by atoms with van der Waals surface area (Å²) in [7, 11) is -7.10. The minimum atomic E-state index is -4.45. The van der Waals surface area contributed by atoms with Crippen molar-refractivity contribution in [1.82, 2.24) is 4.31 Å². The molecule has 1 aliphatic heterocycles. The maximum atomic E-state index is 14.9. The van der Waals surface area contributed by atoms with E-state index in [9.17, 15) is 16.8 Å². The van der Waals surface area contributed by atoms with Gasteiger partial charge in [0, 0.05) is 30.3 Å². The van der Waals surface area contributed by atoms with E-state index in [2.05, 4.69) is 35.1 Å². The number of nitrogens with zero attached hydrogens (tertiary/aromatic N) is 4. The fourth-order valence-corrected chi connectivity index (χ4v) is 12.2. The fourth-order valence-electron chi connectivity index (χ4n) is 4.43. The molecule has 3 aromatic rings. The molecule has 14 heteroatoms. The van der Waals surface area contributed by atoms with Gasteiger partial charge in [-0.2, -0.15) is 9.42 Å². The Morgan fingerprint density at radius 2 is 1.37 bits per heavy atom. The Morgan fingerprint density at radius 3 is 1.81 bits per heavy atom. The lowest BCUT2D eigenvalue weighted by molar-refractivity contribution is 0.396. The van der Waals surface area contributed by atoms with Crippen LogP contribution in [0.25, 0.3) is 0 Å². The molecule has 0 bridgehead atoms. The molecule has 0 unspecified atom stereocenters. The van der Waals surface area contributed by atoms with Gasteiger partial charge in [-0.3, -0.25) is 0 Å². The van der Waals surface area contributed by atoms with Crippen molar-refractivity contribution in [3.63, 3.8) is 0 Å². The maximum absolute atomic E-state index is 14.9. The van der Waals surface area contributed by atoms with E-state index in [4.69, 9.17) is 9.47 Å².